The third-order valence-electron chi connectivity index (χ3n) is 5.38. The molecule has 1 aliphatic heterocycles. The summed E-state index contributed by atoms with van der Waals surface area (Å²) in [6.07, 6.45) is 8.74. The summed E-state index contributed by atoms with van der Waals surface area (Å²) in [6, 6.07) is 4.09. The zero-order valence-electron chi connectivity index (χ0n) is 18.4. The molecule has 0 amide bonds. The Kier molecular flexibility index (Phi) is 7.95. The summed E-state index contributed by atoms with van der Waals surface area (Å²) in [4.78, 5) is 14.4. The molecule has 0 spiro atoms. The van der Waals surface area contributed by atoms with Crippen molar-refractivity contribution in [2.24, 2.45) is 5.92 Å². The van der Waals surface area contributed by atoms with E-state index in [1.165, 1.54) is 0 Å². The largest absolute Gasteiger partial charge is 0.501 e. The molecule has 3 rings (SSSR count). The number of rotatable bonds is 11. The minimum Gasteiger partial charge on any atom is -0.501 e. The molecule has 2 aliphatic rings. The third kappa shape index (κ3) is 5.58. The Labute approximate surface area is 184 Å². The van der Waals surface area contributed by atoms with Gasteiger partial charge in [0.25, 0.3) is 0 Å². The number of hydrogen-bond donors (Lipinski definition) is 0. The van der Waals surface area contributed by atoms with Gasteiger partial charge in [-0.25, -0.2) is 0 Å². The van der Waals surface area contributed by atoms with Crippen molar-refractivity contribution in [2.45, 2.75) is 26.3 Å². The van der Waals surface area contributed by atoms with Gasteiger partial charge in [-0.1, -0.05) is 18.2 Å². The SMILES string of the molecule is C=CCN(CC=C)Cc1cc2c(cc1C1=CC=C(OC)C(CC(=O)OCC)C1)OCO2. The molecule has 0 N–H and O–H groups in total. The lowest BCUT2D eigenvalue weighted by Gasteiger charge is -2.26. The highest BCUT2D eigenvalue weighted by atomic mass is 16.7. The molecule has 0 saturated heterocycles. The van der Waals surface area contributed by atoms with Gasteiger partial charge in [0.2, 0.25) is 6.79 Å². The fourth-order valence-electron chi connectivity index (χ4n) is 4.00. The Bertz CT molecular complexity index is 876. The molecule has 1 atom stereocenters. The van der Waals surface area contributed by atoms with E-state index >= 15 is 0 Å². The number of carbonyl (C=O) groups excluding carboxylic acids is 1. The van der Waals surface area contributed by atoms with Gasteiger partial charge < -0.3 is 18.9 Å². The molecule has 31 heavy (non-hydrogen) atoms. The molecule has 1 aromatic carbocycles. The van der Waals surface area contributed by atoms with E-state index < -0.39 is 0 Å². The topological polar surface area (TPSA) is 57.2 Å². The quantitative estimate of drug-likeness (QED) is 0.385. The van der Waals surface area contributed by atoms with Crippen LogP contribution in [-0.2, 0) is 20.8 Å². The molecule has 0 fully saturated rings. The molecule has 0 saturated carbocycles. The second-order valence-electron chi connectivity index (χ2n) is 7.51. The lowest BCUT2D eigenvalue weighted by Crippen LogP contribution is -2.24. The van der Waals surface area contributed by atoms with Gasteiger partial charge in [0.05, 0.1) is 25.9 Å². The van der Waals surface area contributed by atoms with Crippen LogP contribution < -0.4 is 9.47 Å². The number of esters is 1. The minimum absolute atomic E-state index is 0.0697. The number of hydrogen-bond acceptors (Lipinski definition) is 6. The molecule has 1 aromatic rings. The maximum atomic E-state index is 12.1. The molecule has 0 aromatic heterocycles. The van der Waals surface area contributed by atoms with Gasteiger partial charge in [-0.05, 0) is 48.3 Å². The van der Waals surface area contributed by atoms with Gasteiger partial charge in [-0.15, -0.1) is 13.2 Å². The Balaban J connectivity index is 1.93. The van der Waals surface area contributed by atoms with Crippen molar-refractivity contribution in [2.75, 3.05) is 33.6 Å². The summed E-state index contributed by atoms with van der Waals surface area (Å²) in [7, 11) is 1.64. The van der Waals surface area contributed by atoms with Crippen molar-refractivity contribution < 1.29 is 23.7 Å². The van der Waals surface area contributed by atoms with E-state index in [4.69, 9.17) is 18.9 Å². The molecule has 1 aliphatic carbocycles. The standard InChI is InChI=1S/C25H31NO5/c1-5-10-26(11-6-2)16-20-13-23-24(31-17-30-23)15-21(20)18-8-9-22(28-4)19(12-18)14-25(27)29-7-3/h5-6,8-9,13,15,19H,1-2,7,10-12,14,16-17H2,3-4H3. The summed E-state index contributed by atoms with van der Waals surface area (Å²) in [5, 5.41) is 0. The lowest BCUT2D eigenvalue weighted by molar-refractivity contribution is -0.144. The molecule has 0 bridgehead atoms. The van der Waals surface area contributed by atoms with E-state index in [2.05, 4.69) is 24.1 Å². The smallest absolute Gasteiger partial charge is 0.306 e. The first kappa shape index (κ1) is 22.7. The second-order valence-corrected chi connectivity index (χ2v) is 7.51. The predicted molar refractivity (Wildman–Crippen MR) is 121 cm³/mol. The van der Waals surface area contributed by atoms with Gasteiger partial charge in [-0.3, -0.25) is 9.69 Å². The number of nitrogens with zero attached hydrogens (tertiary/aromatic N) is 1. The van der Waals surface area contributed by atoms with Crippen LogP contribution in [0.3, 0.4) is 0 Å². The monoisotopic (exact) mass is 425 g/mol. The first-order chi connectivity index (χ1) is 15.1. The van der Waals surface area contributed by atoms with E-state index in [0.717, 1.165) is 47.0 Å². The Morgan fingerprint density at radius 1 is 1.19 bits per heavy atom. The maximum Gasteiger partial charge on any atom is 0.306 e. The zero-order chi connectivity index (χ0) is 22.2. The van der Waals surface area contributed by atoms with Crippen LogP contribution in [0.5, 0.6) is 11.5 Å². The average Bonchev–Trinajstić information content (AvgIpc) is 3.21. The average molecular weight is 426 g/mol. The number of fused-ring (bicyclic) bond motifs is 1. The molecule has 6 heteroatoms. The number of methoxy groups -OCH3 is 1. The number of allylic oxidation sites excluding steroid dienone is 4. The summed E-state index contributed by atoms with van der Waals surface area (Å²) in [5.41, 5.74) is 3.34. The fourth-order valence-corrected chi connectivity index (χ4v) is 4.00. The van der Waals surface area contributed by atoms with Crippen LogP contribution in [0.25, 0.3) is 5.57 Å². The lowest BCUT2D eigenvalue weighted by atomic mass is 9.84. The summed E-state index contributed by atoms with van der Waals surface area (Å²) < 4.78 is 22.0. The Hall–Kier alpha value is -2.99. The Morgan fingerprint density at radius 3 is 2.55 bits per heavy atom. The first-order valence-electron chi connectivity index (χ1n) is 10.6. The van der Waals surface area contributed by atoms with E-state index in [0.29, 0.717) is 19.6 Å². The number of benzene rings is 1. The van der Waals surface area contributed by atoms with Gasteiger partial charge in [0, 0.05) is 25.6 Å². The van der Waals surface area contributed by atoms with Crippen molar-refractivity contribution in [3.8, 4) is 11.5 Å². The molecule has 1 heterocycles. The summed E-state index contributed by atoms with van der Waals surface area (Å²) >= 11 is 0. The van der Waals surface area contributed by atoms with Crippen molar-refractivity contribution in [1.82, 2.24) is 4.90 Å². The highest BCUT2D eigenvalue weighted by Gasteiger charge is 2.27. The second kappa shape index (κ2) is 10.9. The van der Waals surface area contributed by atoms with Gasteiger partial charge in [0.1, 0.15) is 0 Å². The van der Waals surface area contributed by atoms with Crippen LogP contribution in [0, 0.1) is 5.92 Å². The summed E-state index contributed by atoms with van der Waals surface area (Å²) in [5.74, 6) is 2.00. The van der Waals surface area contributed by atoms with Crippen LogP contribution in [-0.4, -0.2) is 44.5 Å². The number of carbonyl (C=O) groups is 1. The first-order valence-corrected chi connectivity index (χ1v) is 10.6. The maximum absolute atomic E-state index is 12.1. The van der Waals surface area contributed by atoms with Crippen molar-refractivity contribution in [3.05, 3.63) is 66.5 Å². The van der Waals surface area contributed by atoms with Crippen molar-refractivity contribution in [3.63, 3.8) is 0 Å². The normalized spacial score (nSPS) is 17.1. The van der Waals surface area contributed by atoms with E-state index in [-0.39, 0.29) is 25.1 Å². The van der Waals surface area contributed by atoms with Gasteiger partial charge in [0.15, 0.2) is 11.5 Å². The van der Waals surface area contributed by atoms with Crippen LogP contribution in [0.15, 0.2) is 55.4 Å². The van der Waals surface area contributed by atoms with Crippen LogP contribution in [0.2, 0.25) is 0 Å². The fraction of sp³-hybridized carbons (Fsp3) is 0.400. The highest BCUT2D eigenvalue weighted by molar-refractivity contribution is 5.76. The molecule has 6 nitrogen and oxygen atoms in total. The Morgan fingerprint density at radius 2 is 1.90 bits per heavy atom. The van der Waals surface area contributed by atoms with Gasteiger partial charge in [-0.2, -0.15) is 0 Å². The molecular weight excluding hydrogens is 394 g/mol. The van der Waals surface area contributed by atoms with Crippen molar-refractivity contribution in [1.29, 1.82) is 0 Å². The van der Waals surface area contributed by atoms with E-state index in [1.54, 1.807) is 7.11 Å². The van der Waals surface area contributed by atoms with Crippen molar-refractivity contribution >= 4 is 11.5 Å². The molecule has 1 unspecified atom stereocenters. The molecular formula is C25H31NO5. The van der Waals surface area contributed by atoms with Crippen LogP contribution in [0.1, 0.15) is 30.9 Å². The van der Waals surface area contributed by atoms with E-state index in [1.807, 2.05) is 37.3 Å². The zero-order valence-corrected chi connectivity index (χ0v) is 18.4. The van der Waals surface area contributed by atoms with Crippen LogP contribution >= 0.6 is 0 Å². The minimum atomic E-state index is -0.217. The third-order valence-corrected chi connectivity index (χ3v) is 5.38. The van der Waals surface area contributed by atoms with Gasteiger partial charge >= 0.3 is 5.97 Å². The number of ether oxygens (including phenoxy) is 4. The highest BCUT2D eigenvalue weighted by Crippen LogP contribution is 2.41. The van der Waals surface area contributed by atoms with Crippen LogP contribution in [0.4, 0.5) is 0 Å². The summed E-state index contributed by atoms with van der Waals surface area (Å²) in [6.45, 7) is 12.3. The van der Waals surface area contributed by atoms with E-state index in [9.17, 15) is 4.79 Å². The molecule has 0 radical (unpaired) electrons. The molecule has 166 valence electrons. The predicted octanol–water partition coefficient (Wildman–Crippen LogP) is 4.48.